The van der Waals surface area contributed by atoms with Gasteiger partial charge in [0.05, 0.1) is 0 Å². The van der Waals surface area contributed by atoms with Crippen molar-refractivity contribution in [1.29, 1.82) is 0 Å². The van der Waals surface area contributed by atoms with Crippen molar-refractivity contribution in [2.24, 2.45) is 0 Å². The summed E-state index contributed by atoms with van der Waals surface area (Å²) in [5.74, 6) is 0. The third-order valence-electron chi connectivity index (χ3n) is 0.374. The number of aliphatic hydroxyl groups is 1. The molecule has 0 bridgehead atoms. The van der Waals surface area contributed by atoms with Gasteiger partial charge in [-0.15, -0.1) is 0 Å². The fraction of sp³-hybridized carbons (Fsp3) is 1.00. The molecule has 0 aromatic carbocycles. The van der Waals surface area contributed by atoms with E-state index in [-0.39, 0.29) is 64.6 Å². The molecule has 0 saturated heterocycles. The quantitative estimate of drug-likeness (QED) is 0.342. The Hall–Kier alpha value is 2.07. The van der Waals surface area contributed by atoms with Gasteiger partial charge < -0.3 is 24.9 Å². The minimum absolute atomic E-state index is 0. The standard InChI is InChI=1S/C2H7O4P.2Na.H2O/c3-1-2-7(4,5)6;;;/h3H,1-2H2,(H2,4,5,6);;;1H2/q;2*+1;/p-2. The molecule has 0 saturated carbocycles. The first-order chi connectivity index (χ1) is 3.06. The van der Waals surface area contributed by atoms with Gasteiger partial charge in [0.2, 0.25) is 0 Å². The summed E-state index contributed by atoms with van der Waals surface area (Å²) in [7, 11) is -4.42. The SMILES string of the molecule is O.O=P([O-])([O-])CCO.[Na+].[Na+]. The predicted molar refractivity (Wildman–Crippen MR) is 23.2 cm³/mol. The van der Waals surface area contributed by atoms with Crippen molar-refractivity contribution in [3.8, 4) is 0 Å². The molecule has 0 fully saturated rings. The number of hydrogen-bond acceptors (Lipinski definition) is 4. The van der Waals surface area contributed by atoms with Gasteiger partial charge >= 0.3 is 59.1 Å². The van der Waals surface area contributed by atoms with Crippen molar-refractivity contribution >= 4 is 7.60 Å². The van der Waals surface area contributed by atoms with Crippen LogP contribution in [0.4, 0.5) is 0 Å². The molecule has 0 rings (SSSR count). The smallest absolute Gasteiger partial charge is 0.811 e. The predicted octanol–water partition coefficient (Wildman–Crippen LogP) is -8.92. The Morgan fingerprint density at radius 3 is 1.60 bits per heavy atom. The Balaban J connectivity index is -0.0000000600. The maximum absolute atomic E-state index is 9.54. The van der Waals surface area contributed by atoms with Gasteiger partial charge in [-0.1, -0.05) is 7.60 Å². The maximum Gasteiger partial charge on any atom is 1.00 e. The molecule has 0 atom stereocenters. The number of aliphatic hydroxyl groups excluding tert-OH is 1. The number of hydrogen-bond donors (Lipinski definition) is 1. The summed E-state index contributed by atoms with van der Waals surface area (Å²) >= 11 is 0. The third-order valence-corrected chi connectivity index (χ3v) is 1.12. The second-order valence-corrected chi connectivity index (χ2v) is 2.73. The van der Waals surface area contributed by atoms with Crippen LogP contribution in [-0.4, -0.2) is 23.4 Å². The minimum atomic E-state index is -4.42. The van der Waals surface area contributed by atoms with Gasteiger partial charge in [-0.3, -0.25) is 0 Å². The van der Waals surface area contributed by atoms with Crippen molar-refractivity contribution in [3.05, 3.63) is 0 Å². The first kappa shape index (κ1) is 22.7. The Labute approximate surface area is 103 Å². The Morgan fingerprint density at radius 1 is 1.30 bits per heavy atom. The molecular formula is C2H7Na2O5P. The largest absolute Gasteiger partial charge is 1.00 e. The van der Waals surface area contributed by atoms with E-state index in [9.17, 15) is 14.4 Å². The van der Waals surface area contributed by atoms with Gasteiger partial charge in [-0.05, 0) is 6.16 Å². The summed E-state index contributed by atoms with van der Waals surface area (Å²) in [5, 5.41) is 7.83. The van der Waals surface area contributed by atoms with Gasteiger partial charge in [0.15, 0.2) is 0 Å². The second-order valence-electron chi connectivity index (χ2n) is 1.06. The minimum Gasteiger partial charge on any atom is -0.811 e. The normalized spacial score (nSPS) is 8.30. The van der Waals surface area contributed by atoms with E-state index in [0.29, 0.717) is 0 Å². The molecule has 0 unspecified atom stereocenters. The Kier molecular flexibility index (Phi) is 25.1. The van der Waals surface area contributed by atoms with E-state index in [0.717, 1.165) is 0 Å². The molecular weight excluding hydrogens is 181 g/mol. The van der Waals surface area contributed by atoms with Gasteiger partial charge in [-0.2, -0.15) is 0 Å². The van der Waals surface area contributed by atoms with Crippen LogP contribution in [0.2, 0.25) is 0 Å². The summed E-state index contributed by atoms with van der Waals surface area (Å²) in [6.45, 7) is -0.579. The van der Waals surface area contributed by atoms with Crippen molar-refractivity contribution < 1.29 is 84.0 Å². The van der Waals surface area contributed by atoms with Crippen LogP contribution in [0, 0.1) is 0 Å². The van der Waals surface area contributed by atoms with Gasteiger partial charge in [0.1, 0.15) is 0 Å². The summed E-state index contributed by atoms with van der Waals surface area (Å²) in [5.41, 5.74) is 0. The van der Waals surface area contributed by atoms with Crippen LogP contribution in [0.5, 0.6) is 0 Å². The van der Waals surface area contributed by atoms with E-state index in [1.54, 1.807) is 0 Å². The van der Waals surface area contributed by atoms with Crippen LogP contribution < -0.4 is 68.9 Å². The van der Waals surface area contributed by atoms with Crippen molar-refractivity contribution in [1.82, 2.24) is 0 Å². The van der Waals surface area contributed by atoms with Crippen molar-refractivity contribution in [3.63, 3.8) is 0 Å². The van der Waals surface area contributed by atoms with Crippen LogP contribution in [0.3, 0.4) is 0 Å². The zero-order valence-electron chi connectivity index (χ0n) is 6.03. The summed E-state index contributed by atoms with van der Waals surface area (Å²) in [6.07, 6.45) is -0.660. The monoisotopic (exact) mass is 188 g/mol. The van der Waals surface area contributed by atoms with Crippen LogP contribution in [0.25, 0.3) is 0 Å². The molecule has 10 heavy (non-hydrogen) atoms. The molecule has 52 valence electrons. The molecule has 5 nitrogen and oxygen atoms in total. The fourth-order valence-electron chi connectivity index (χ4n) is 0.122. The molecule has 0 heterocycles. The summed E-state index contributed by atoms with van der Waals surface area (Å²) in [6, 6.07) is 0. The fourth-order valence-corrected chi connectivity index (χ4v) is 0.367. The molecule has 3 N–H and O–H groups in total. The van der Waals surface area contributed by atoms with E-state index in [1.165, 1.54) is 0 Å². The average molecular weight is 188 g/mol. The molecule has 0 radical (unpaired) electrons. The van der Waals surface area contributed by atoms with Crippen LogP contribution >= 0.6 is 7.60 Å². The molecule has 0 aliphatic carbocycles. The molecule has 0 aliphatic rings. The zero-order chi connectivity index (χ0) is 5.91. The zero-order valence-corrected chi connectivity index (χ0v) is 10.9. The van der Waals surface area contributed by atoms with E-state index in [1.807, 2.05) is 0 Å². The molecule has 0 aromatic heterocycles. The molecule has 8 heteroatoms. The first-order valence-electron chi connectivity index (χ1n) is 1.68. The van der Waals surface area contributed by atoms with Gasteiger partial charge in [-0.25, -0.2) is 0 Å². The number of rotatable bonds is 2. The topological polar surface area (TPSA) is 115 Å². The molecule has 0 aromatic rings. The van der Waals surface area contributed by atoms with E-state index >= 15 is 0 Å². The van der Waals surface area contributed by atoms with Crippen molar-refractivity contribution in [2.45, 2.75) is 0 Å². The van der Waals surface area contributed by atoms with Crippen molar-refractivity contribution in [2.75, 3.05) is 12.8 Å². The first-order valence-corrected chi connectivity index (χ1v) is 3.41. The van der Waals surface area contributed by atoms with E-state index in [4.69, 9.17) is 5.11 Å². The van der Waals surface area contributed by atoms with E-state index in [2.05, 4.69) is 0 Å². The summed E-state index contributed by atoms with van der Waals surface area (Å²) < 4.78 is 9.54. The van der Waals surface area contributed by atoms with Gasteiger partial charge in [0, 0.05) is 6.61 Å². The van der Waals surface area contributed by atoms with Crippen LogP contribution in [0.15, 0.2) is 0 Å². The second kappa shape index (κ2) is 11.1. The Morgan fingerprint density at radius 2 is 1.60 bits per heavy atom. The average Bonchev–Trinajstić information content (AvgIpc) is 1.30. The molecule has 0 amide bonds. The van der Waals surface area contributed by atoms with Crippen LogP contribution in [-0.2, 0) is 4.57 Å². The molecule has 0 spiro atoms. The Bertz CT molecular complexity index is 91.6. The third kappa shape index (κ3) is 22.5. The van der Waals surface area contributed by atoms with E-state index < -0.39 is 20.4 Å². The summed E-state index contributed by atoms with van der Waals surface area (Å²) in [4.78, 5) is 19.1. The molecule has 0 aliphatic heterocycles. The maximum atomic E-state index is 9.54. The van der Waals surface area contributed by atoms with Crippen LogP contribution in [0.1, 0.15) is 0 Å². The van der Waals surface area contributed by atoms with Gasteiger partial charge in [0.25, 0.3) is 0 Å².